The van der Waals surface area contributed by atoms with E-state index in [2.05, 4.69) is 6.58 Å². The number of nitro groups is 1. The molecule has 0 atom stereocenters. The Labute approximate surface area is 116 Å². The second kappa shape index (κ2) is 6.58. The zero-order chi connectivity index (χ0) is 15.3. The smallest absolute Gasteiger partial charge is 0.258 e. The molecule has 0 amide bonds. The Hall–Kier alpha value is -1.80. The topological polar surface area (TPSA) is 80.5 Å². The minimum Gasteiger partial charge on any atom is -0.258 e. The number of sulfonamides is 1. The first-order valence-electron chi connectivity index (χ1n) is 5.90. The largest absolute Gasteiger partial charge is 0.324 e. The van der Waals surface area contributed by atoms with Gasteiger partial charge in [0.05, 0.1) is 4.92 Å². The first kappa shape index (κ1) is 16.3. The molecule has 0 unspecified atom stereocenters. The third kappa shape index (κ3) is 3.20. The monoisotopic (exact) mass is 302 g/mol. The predicted octanol–water partition coefficient (Wildman–Crippen LogP) is 2.32. The summed E-state index contributed by atoms with van der Waals surface area (Å²) in [5.74, 6) is -1.17. The first-order chi connectivity index (χ1) is 9.36. The van der Waals surface area contributed by atoms with E-state index in [1.807, 2.05) is 0 Å². The normalized spacial score (nSPS) is 11.6. The zero-order valence-electron chi connectivity index (χ0n) is 11.0. The van der Waals surface area contributed by atoms with E-state index >= 15 is 0 Å². The third-order valence-electron chi connectivity index (χ3n) is 2.56. The molecule has 0 aliphatic carbocycles. The minimum absolute atomic E-state index is 0.00381. The van der Waals surface area contributed by atoms with E-state index in [4.69, 9.17) is 0 Å². The Morgan fingerprint density at radius 3 is 2.65 bits per heavy atom. The number of nitrogens with zero attached hydrogens (tertiary/aromatic N) is 2. The molecule has 6 nitrogen and oxygen atoms in total. The Morgan fingerprint density at radius 2 is 2.15 bits per heavy atom. The van der Waals surface area contributed by atoms with Gasteiger partial charge in [0.1, 0.15) is 0 Å². The van der Waals surface area contributed by atoms with Crippen molar-refractivity contribution in [3.8, 4) is 0 Å². The summed E-state index contributed by atoms with van der Waals surface area (Å²) in [6, 6.07) is 3.02. The maximum Gasteiger partial charge on any atom is 0.324 e. The van der Waals surface area contributed by atoms with Gasteiger partial charge >= 0.3 is 5.69 Å². The van der Waals surface area contributed by atoms with Gasteiger partial charge in [-0.05, 0) is 18.6 Å². The number of hydrogen-bond acceptors (Lipinski definition) is 4. The van der Waals surface area contributed by atoms with Gasteiger partial charge in [0, 0.05) is 13.1 Å². The van der Waals surface area contributed by atoms with Crippen molar-refractivity contribution in [1.82, 2.24) is 4.31 Å². The molecule has 20 heavy (non-hydrogen) atoms. The van der Waals surface area contributed by atoms with Crippen LogP contribution in [0.25, 0.3) is 0 Å². The first-order valence-corrected chi connectivity index (χ1v) is 7.34. The van der Waals surface area contributed by atoms with Gasteiger partial charge in [0.15, 0.2) is 4.90 Å². The van der Waals surface area contributed by atoms with Crippen LogP contribution in [0.3, 0.4) is 0 Å². The molecule has 0 fully saturated rings. The quantitative estimate of drug-likeness (QED) is 0.440. The highest BCUT2D eigenvalue weighted by Crippen LogP contribution is 2.29. The van der Waals surface area contributed by atoms with Gasteiger partial charge in [-0.1, -0.05) is 19.1 Å². The van der Waals surface area contributed by atoms with E-state index in [1.54, 1.807) is 6.92 Å². The lowest BCUT2D eigenvalue weighted by Gasteiger charge is -2.19. The van der Waals surface area contributed by atoms with E-state index in [-0.39, 0.29) is 13.1 Å². The Balaban J connectivity index is 3.44. The molecule has 0 N–H and O–H groups in total. The molecule has 110 valence electrons. The molecule has 1 aromatic rings. The maximum atomic E-state index is 13.5. The molecule has 1 aromatic carbocycles. The molecule has 0 aliphatic heterocycles. The van der Waals surface area contributed by atoms with Crippen molar-refractivity contribution in [3.05, 3.63) is 46.8 Å². The molecule has 8 heteroatoms. The van der Waals surface area contributed by atoms with E-state index < -0.39 is 31.3 Å². The Kier molecular flexibility index (Phi) is 5.34. The van der Waals surface area contributed by atoms with Crippen molar-refractivity contribution in [2.75, 3.05) is 13.1 Å². The van der Waals surface area contributed by atoms with E-state index in [9.17, 15) is 22.9 Å². The molecular formula is C12H15FN2O4S. The van der Waals surface area contributed by atoms with Crippen LogP contribution in [0, 0.1) is 15.9 Å². The van der Waals surface area contributed by atoms with E-state index in [0.29, 0.717) is 6.42 Å². The molecule has 0 aromatic heterocycles. The second-order valence-electron chi connectivity index (χ2n) is 4.00. The number of rotatable bonds is 7. The average molecular weight is 302 g/mol. The summed E-state index contributed by atoms with van der Waals surface area (Å²) >= 11 is 0. The van der Waals surface area contributed by atoms with Crippen LogP contribution in [0.1, 0.15) is 13.3 Å². The number of benzene rings is 1. The molecule has 0 heterocycles. The maximum absolute atomic E-state index is 13.5. The van der Waals surface area contributed by atoms with Gasteiger partial charge in [0.2, 0.25) is 15.8 Å². The zero-order valence-corrected chi connectivity index (χ0v) is 11.8. The lowest BCUT2D eigenvalue weighted by molar-refractivity contribution is -0.390. The molecule has 0 radical (unpaired) electrons. The SMILES string of the molecule is C=CCN(CCC)S(=O)(=O)c1cccc(F)c1[N+](=O)[O-]. The molecule has 0 saturated carbocycles. The van der Waals surface area contributed by atoms with E-state index in [1.165, 1.54) is 6.08 Å². The molecule has 1 rings (SSSR count). The van der Waals surface area contributed by atoms with Crippen molar-refractivity contribution in [1.29, 1.82) is 0 Å². The Bertz CT molecular complexity index is 616. The predicted molar refractivity (Wildman–Crippen MR) is 72.3 cm³/mol. The standard InChI is InChI=1S/C12H15FN2O4S/c1-3-8-14(9-4-2)20(18,19)11-7-5-6-10(13)12(11)15(16)17/h3,5-7H,1,4,8-9H2,2H3. The molecule has 0 bridgehead atoms. The summed E-state index contributed by atoms with van der Waals surface area (Å²) < 4.78 is 39.3. The summed E-state index contributed by atoms with van der Waals surface area (Å²) in [5, 5.41) is 10.9. The van der Waals surface area contributed by atoms with Gasteiger partial charge in [-0.15, -0.1) is 6.58 Å². The van der Waals surface area contributed by atoms with Gasteiger partial charge in [0.25, 0.3) is 0 Å². The summed E-state index contributed by atoms with van der Waals surface area (Å²) in [7, 11) is -4.14. The lowest BCUT2D eigenvalue weighted by atomic mass is 10.3. The summed E-state index contributed by atoms with van der Waals surface area (Å²) in [5.41, 5.74) is -1.03. The summed E-state index contributed by atoms with van der Waals surface area (Å²) in [6.07, 6.45) is 1.90. The van der Waals surface area contributed by atoms with Crippen molar-refractivity contribution < 1.29 is 17.7 Å². The fraction of sp³-hybridized carbons (Fsp3) is 0.333. The van der Waals surface area contributed by atoms with Crippen LogP contribution in [-0.4, -0.2) is 30.7 Å². The van der Waals surface area contributed by atoms with Crippen LogP contribution in [0.2, 0.25) is 0 Å². The number of hydrogen-bond donors (Lipinski definition) is 0. The third-order valence-corrected chi connectivity index (χ3v) is 4.45. The highest BCUT2D eigenvalue weighted by atomic mass is 32.2. The van der Waals surface area contributed by atoms with Crippen LogP contribution in [0.4, 0.5) is 10.1 Å². The molecule has 0 saturated heterocycles. The summed E-state index contributed by atoms with van der Waals surface area (Å²) in [4.78, 5) is 9.22. The van der Waals surface area contributed by atoms with Gasteiger partial charge in [-0.25, -0.2) is 8.42 Å². The minimum atomic E-state index is -4.14. The number of para-hydroxylation sites is 1. The highest BCUT2D eigenvalue weighted by Gasteiger charge is 2.33. The number of halogens is 1. The van der Waals surface area contributed by atoms with Crippen LogP contribution in [0.15, 0.2) is 35.7 Å². The fourth-order valence-corrected chi connectivity index (χ4v) is 3.39. The van der Waals surface area contributed by atoms with Crippen molar-refractivity contribution in [2.45, 2.75) is 18.2 Å². The van der Waals surface area contributed by atoms with Crippen molar-refractivity contribution >= 4 is 15.7 Å². The van der Waals surface area contributed by atoms with Gasteiger partial charge in [-0.3, -0.25) is 10.1 Å². The molecular weight excluding hydrogens is 287 g/mol. The van der Waals surface area contributed by atoms with Gasteiger partial charge < -0.3 is 0 Å². The summed E-state index contributed by atoms with van der Waals surface area (Å²) in [6.45, 7) is 5.39. The second-order valence-corrected chi connectivity index (χ2v) is 5.90. The van der Waals surface area contributed by atoms with Crippen LogP contribution < -0.4 is 0 Å². The highest BCUT2D eigenvalue weighted by molar-refractivity contribution is 7.89. The van der Waals surface area contributed by atoms with Crippen molar-refractivity contribution in [2.24, 2.45) is 0 Å². The van der Waals surface area contributed by atoms with Gasteiger partial charge in [-0.2, -0.15) is 8.70 Å². The van der Waals surface area contributed by atoms with Crippen molar-refractivity contribution in [3.63, 3.8) is 0 Å². The average Bonchev–Trinajstić information content (AvgIpc) is 2.37. The van der Waals surface area contributed by atoms with Crippen LogP contribution in [0.5, 0.6) is 0 Å². The number of nitro benzene ring substituents is 1. The Morgan fingerprint density at radius 1 is 1.50 bits per heavy atom. The lowest BCUT2D eigenvalue weighted by Crippen LogP contribution is -2.32. The van der Waals surface area contributed by atoms with Crippen LogP contribution >= 0.6 is 0 Å². The van der Waals surface area contributed by atoms with Crippen LogP contribution in [-0.2, 0) is 10.0 Å². The molecule has 0 spiro atoms. The fourth-order valence-electron chi connectivity index (χ4n) is 1.72. The van der Waals surface area contributed by atoms with E-state index in [0.717, 1.165) is 22.5 Å². The molecule has 0 aliphatic rings.